The van der Waals surface area contributed by atoms with Crippen LogP contribution in [0.15, 0.2) is 30.3 Å². The monoisotopic (exact) mass is 383 g/mol. The van der Waals surface area contributed by atoms with E-state index < -0.39 is 8.07 Å². The van der Waals surface area contributed by atoms with E-state index in [1.54, 1.807) is 0 Å². The number of likely N-dealkylation sites (tertiary alicyclic amines) is 1. The largest absolute Gasteiger partial charge is 0.394 e. The second-order valence-electron chi connectivity index (χ2n) is 7.57. The average Bonchev–Trinajstić information content (AvgIpc) is 2.47. The summed E-state index contributed by atoms with van der Waals surface area (Å²) in [6, 6.07) is 11.8. The molecule has 0 unspecified atom stereocenters. The summed E-state index contributed by atoms with van der Waals surface area (Å²) in [4.78, 5) is 2.59. The normalized spacial score (nSPS) is 25.5. The molecule has 1 aliphatic heterocycles. The van der Waals surface area contributed by atoms with Gasteiger partial charge in [-0.15, -0.1) is 0 Å². The number of halogens is 1. The van der Waals surface area contributed by atoms with Crippen LogP contribution in [0, 0.1) is 0 Å². The standard InChI is InChI=1S/C18H30BrNOSi/c1-5-9-15-12-16(18(19)22(2,3)4)20(15)17(13-21)14-10-7-6-8-11-14/h6-8,10-11,15-18,21H,5,9,12-13H2,1-4H3/t15-,16-,17-,18+/m0/s1. The first kappa shape index (κ1) is 18.2. The van der Waals surface area contributed by atoms with Crippen molar-refractivity contribution >= 4 is 24.0 Å². The molecule has 0 spiro atoms. The number of nitrogens with zero attached hydrogens (tertiary/aromatic N) is 1. The molecular formula is C18H30BrNOSi. The van der Waals surface area contributed by atoms with Crippen LogP contribution in [0.2, 0.25) is 19.6 Å². The third-order valence-corrected chi connectivity index (χ3v) is 11.6. The van der Waals surface area contributed by atoms with Crippen molar-refractivity contribution in [3.63, 3.8) is 0 Å². The van der Waals surface area contributed by atoms with E-state index in [9.17, 15) is 5.11 Å². The number of rotatable bonds is 7. The molecule has 1 aliphatic rings. The lowest BCUT2D eigenvalue weighted by molar-refractivity contribution is -0.0427. The summed E-state index contributed by atoms with van der Waals surface area (Å²) in [5.74, 6) is 0. The highest BCUT2D eigenvalue weighted by Crippen LogP contribution is 2.42. The highest BCUT2D eigenvalue weighted by Gasteiger charge is 2.48. The van der Waals surface area contributed by atoms with Crippen LogP contribution in [0.25, 0.3) is 0 Å². The summed E-state index contributed by atoms with van der Waals surface area (Å²) in [6.45, 7) is 9.73. The summed E-state index contributed by atoms with van der Waals surface area (Å²) in [5, 5.41) is 10.1. The van der Waals surface area contributed by atoms with Gasteiger partial charge in [0.05, 0.1) is 20.7 Å². The van der Waals surface area contributed by atoms with Crippen molar-refractivity contribution in [2.24, 2.45) is 0 Å². The summed E-state index contributed by atoms with van der Waals surface area (Å²) in [6.07, 6.45) is 3.70. The average molecular weight is 384 g/mol. The molecule has 1 N–H and O–H groups in total. The Bertz CT molecular complexity index is 462. The number of benzene rings is 1. The maximum Gasteiger partial charge on any atom is 0.0628 e. The van der Waals surface area contributed by atoms with Crippen LogP contribution in [0.4, 0.5) is 0 Å². The van der Waals surface area contributed by atoms with Gasteiger partial charge in [0, 0.05) is 16.5 Å². The minimum Gasteiger partial charge on any atom is -0.394 e. The van der Waals surface area contributed by atoms with Crippen molar-refractivity contribution in [1.82, 2.24) is 4.90 Å². The number of hydrogen-bond donors (Lipinski definition) is 1. The predicted octanol–water partition coefficient (Wildman–Crippen LogP) is 4.60. The van der Waals surface area contributed by atoms with E-state index in [0.29, 0.717) is 16.5 Å². The molecule has 0 bridgehead atoms. The van der Waals surface area contributed by atoms with Crippen LogP contribution in [0.3, 0.4) is 0 Å². The maximum absolute atomic E-state index is 10.1. The molecular weight excluding hydrogens is 354 g/mol. The molecule has 0 aliphatic carbocycles. The van der Waals surface area contributed by atoms with Crippen LogP contribution in [0.1, 0.15) is 37.8 Å². The minimum absolute atomic E-state index is 0.132. The molecule has 4 atom stereocenters. The van der Waals surface area contributed by atoms with E-state index in [0.717, 1.165) is 0 Å². The number of alkyl halides is 1. The zero-order valence-corrected chi connectivity index (χ0v) is 16.9. The van der Waals surface area contributed by atoms with Crippen molar-refractivity contribution in [2.75, 3.05) is 6.61 Å². The Labute approximate surface area is 145 Å². The van der Waals surface area contributed by atoms with E-state index in [1.165, 1.54) is 24.8 Å². The summed E-state index contributed by atoms with van der Waals surface area (Å²) in [7, 11) is -1.25. The first-order chi connectivity index (χ1) is 10.4. The van der Waals surface area contributed by atoms with Crippen molar-refractivity contribution in [3.05, 3.63) is 35.9 Å². The third-order valence-electron chi connectivity index (χ3n) is 4.82. The van der Waals surface area contributed by atoms with Gasteiger partial charge in [-0.3, -0.25) is 4.90 Å². The summed E-state index contributed by atoms with van der Waals surface area (Å²) < 4.78 is 0.575. The van der Waals surface area contributed by atoms with Gasteiger partial charge >= 0.3 is 0 Å². The van der Waals surface area contributed by atoms with Crippen molar-refractivity contribution in [2.45, 2.75) is 68.4 Å². The fourth-order valence-electron chi connectivity index (χ4n) is 3.64. The molecule has 2 nitrogen and oxygen atoms in total. The molecule has 0 radical (unpaired) electrons. The molecule has 1 aromatic rings. The molecule has 0 saturated carbocycles. The lowest BCUT2D eigenvalue weighted by atomic mass is 9.86. The highest BCUT2D eigenvalue weighted by molar-refractivity contribution is 9.10. The lowest BCUT2D eigenvalue weighted by Gasteiger charge is -2.56. The molecule has 124 valence electrons. The van der Waals surface area contributed by atoms with Gasteiger partial charge in [0.25, 0.3) is 0 Å². The molecule has 22 heavy (non-hydrogen) atoms. The maximum atomic E-state index is 10.1. The Morgan fingerprint density at radius 3 is 2.41 bits per heavy atom. The number of hydrogen-bond acceptors (Lipinski definition) is 2. The topological polar surface area (TPSA) is 23.5 Å². The van der Waals surface area contributed by atoms with Crippen LogP contribution >= 0.6 is 15.9 Å². The van der Waals surface area contributed by atoms with Gasteiger partial charge in [-0.1, -0.05) is 79.2 Å². The van der Waals surface area contributed by atoms with Gasteiger partial charge in [0.15, 0.2) is 0 Å². The van der Waals surface area contributed by atoms with Gasteiger partial charge in [-0.25, -0.2) is 0 Å². The van der Waals surface area contributed by atoms with Crippen LogP contribution in [-0.4, -0.2) is 41.2 Å². The fraction of sp³-hybridized carbons (Fsp3) is 0.667. The fourth-order valence-corrected chi connectivity index (χ4v) is 5.59. The van der Waals surface area contributed by atoms with E-state index >= 15 is 0 Å². The molecule has 1 fully saturated rings. The summed E-state index contributed by atoms with van der Waals surface area (Å²) >= 11 is 4.00. The van der Waals surface area contributed by atoms with Crippen molar-refractivity contribution in [3.8, 4) is 0 Å². The Hall–Kier alpha value is -0.163. The van der Waals surface area contributed by atoms with E-state index in [-0.39, 0.29) is 12.6 Å². The number of aliphatic hydroxyl groups is 1. The van der Waals surface area contributed by atoms with Gasteiger partial charge in [-0.05, 0) is 18.4 Å². The molecule has 0 amide bonds. The first-order valence-corrected chi connectivity index (χ1v) is 13.0. The Balaban J connectivity index is 2.24. The van der Waals surface area contributed by atoms with Crippen LogP contribution < -0.4 is 0 Å². The van der Waals surface area contributed by atoms with Gasteiger partial charge in [0.1, 0.15) is 0 Å². The molecule has 4 heteroatoms. The number of aliphatic hydroxyl groups excluding tert-OH is 1. The SMILES string of the molecule is CCC[C@H]1C[C@@H]([C@H](Br)[Si](C)(C)C)N1[C@@H](CO)c1ccccc1. The smallest absolute Gasteiger partial charge is 0.0628 e. The summed E-state index contributed by atoms with van der Waals surface area (Å²) in [5.41, 5.74) is 1.24. The molecule has 1 saturated heterocycles. The molecule has 1 aromatic carbocycles. The predicted molar refractivity (Wildman–Crippen MR) is 101 cm³/mol. The van der Waals surface area contributed by atoms with Crippen LogP contribution in [0.5, 0.6) is 0 Å². The lowest BCUT2D eigenvalue weighted by Crippen LogP contribution is -2.64. The zero-order chi connectivity index (χ0) is 16.3. The van der Waals surface area contributed by atoms with Gasteiger partial charge in [0.2, 0.25) is 0 Å². The third kappa shape index (κ3) is 3.84. The minimum atomic E-state index is -1.25. The van der Waals surface area contributed by atoms with E-state index in [1.807, 2.05) is 6.07 Å². The Morgan fingerprint density at radius 1 is 1.27 bits per heavy atom. The van der Waals surface area contributed by atoms with Crippen molar-refractivity contribution < 1.29 is 5.11 Å². The zero-order valence-electron chi connectivity index (χ0n) is 14.3. The first-order valence-electron chi connectivity index (χ1n) is 8.47. The van der Waals surface area contributed by atoms with Gasteiger partial charge in [-0.2, -0.15) is 0 Å². The highest BCUT2D eigenvalue weighted by atomic mass is 79.9. The van der Waals surface area contributed by atoms with E-state index in [4.69, 9.17) is 0 Å². The van der Waals surface area contributed by atoms with Crippen LogP contribution in [-0.2, 0) is 0 Å². The van der Waals surface area contributed by atoms with E-state index in [2.05, 4.69) is 71.7 Å². The Kier molecular flexibility index (Phi) is 6.28. The second-order valence-corrected chi connectivity index (χ2v) is 14.8. The van der Waals surface area contributed by atoms with Crippen molar-refractivity contribution in [1.29, 1.82) is 0 Å². The molecule has 2 rings (SSSR count). The quantitative estimate of drug-likeness (QED) is 0.548. The molecule has 0 aromatic heterocycles. The Morgan fingerprint density at radius 2 is 1.91 bits per heavy atom. The second kappa shape index (κ2) is 7.60. The molecule has 1 heterocycles. The van der Waals surface area contributed by atoms with Gasteiger partial charge < -0.3 is 5.11 Å².